The highest BCUT2D eigenvalue weighted by molar-refractivity contribution is 5.98. The minimum atomic E-state index is -0.0226. The zero-order chi connectivity index (χ0) is 10.6. The summed E-state index contributed by atoms with van der Waals surface area (Å²) in [6.45, 7) is 3.99. The number of carbonyl (C=O) groups is 2. The van der Waals surface area contributed by atoms with Gasteiger partial charge in [-0.25, -0.2) is 0 Å². The lowest BCUT2D eigenvalue weighted by molar-refractivity contribution is -0.120. The van der Waals surface area contributed by atoms with Crippen LogP contribution in [0.15, 0.2) is 18.2 Å². The van der Waals surface area contributed by atoms with E-state index in [0.29, 0.717) is 24.2 Å². The second-order valence-corrected chi connectivity index (χ2v) is 2.99. The van der Waals surface area contributed by atoms with Crippen LogP contribution in [0.1, 0.15) is 29.3 Å². The number of hydrogen-bond acceptors (Lipinski definition) is 3. The molecule has 0 atom stereocenters. The highest BCUT2D eigenvalue weighted by Gasteiger charge is 2.10. The van der Waals surface area contributed by atoms with Gasteiger partial charge in [-0.1, -0.05) is 18.6 Å². The topological polar surface area (TPSA) is 43.4 Å². The van der Waals surface area contributed by atoms with Gasteiger partial charge in [-0.3, -0.25) is 9.59 Å². The van der Waals surface area contributed by atoms with Crippen molar-refractivity contribution in [1.82, 2.24) is 0 Å². The van der Waals surface area contributed by atoms with E-state index in [1.54, 1.807) is 25.1 Å². The van der Waals surface area contributed by atoms with Crippen LogP contribution < -0.4 is 4.74 Å². The zero-order valence-electron chi connectivity index (χ0n) is 8.24. The summed E-state index contributed by atoms with van der Waals surface area (Å²) in [7, 11) is 0. The van der Waals surface area contributed by atoms with Gasteiger partial charge in [0, 0.05) is 6.42 Å². The Kier molecular flexibility index (Phi) is 3.40. The van der Waals surface area contributed by atoms with Crippen molar-refractivity contribution in [2.45, 2.75) is 20.3 Å². The molecule has 3 nitrogen and oxygen atoms in total. The van der Waals surface area contributed by atoms with E-state index in [4.69, 9.17) is 4.74 Å². The van der Waals surface area contributed by atoms with Crippen molar-refractivity contribution in [2.75, 3.05) is 0 Å². The zero-order valence-corrected chi connectivity index (χ0v) is 8.24. The van der Waals surface area contributed by atoms with Crippen LogP contribution in [0, 0.1) is 6.92 Å². The van der Waals surface area contributed by atoms with E-state index < -0.39 is 0 Å². The number of aryl methyl sites for hydroxylation is 1. The van der Waals surface area contributed by atoms with Crippen LogP contribution in [0.3, 0.4) is 0 Å². The summed E-state index contributed by atoms with van der Waals surface area (Å²) >= 11 is 0. The average molecular weight is 192 g/mol. The van der Waals surface area contributed by atoms with E-state index >= 15 is 0 Å². The molecule has 0 radical (unpaired) electrons. The summed E-state index contributed by atoms with van der Waals surface area (Å²) < 4.78 is 4.71. The van der Waals surface area contributed by atoms with Crippen LogP contribution in [0.5, 0.6) is 5.75 Å². The Morgan fingerprint density at radius 3 is 2.79 bits per heavy atom. The summed E-state index contributed by atoms with van der Waals surface area (Å²) in [5, 5.41) is 0. The van der Waals surface area contributed by atoms with E-state index in [1.165, 1.54) is 0 Å². The molecule has 1 aromatic carbocycles. The van der Waals surface area contributed by atoms with Gasteiger partial charge >= 0.3 is 0 Å². The first-order valence-electron chi connectivity index (χ1n) is 4.43. The van der Waals surface area contributed by atoms with Gasteiger partial charge < -0.3 is 4.74 Å². The summed E-state index contributed by atoms with van der Waals surface area (Å²) in [5.74, 6) is 0.308. The lowest BCUT2D eigenvalue weighted by Gasteiger charge is -2.05. The molecule has 0 amide bonds. The molecule has 0 saturated carbocycles. The van der Waals surface area contributed by atoms with Crippen molar-refractivity contribution in [3.63, 3.8) is 0 Å². The Labute approximate surface area is 82.7 Å². The highest BCUT2D eigenvalue weighted by atomic mass is 16.5. The van der Waals surface area contributed by atoms with Crippen molar-refractivity contribution in [3.8, 4) is 5.75 Å². The van der Waals surface area contributed by atoms with E-state index in [1.807, 2.05) is 6.92 Å². The average Bonchev–Trinajstić information content (AvgIpc) is 2.20. The molecular formula is C11H12O3. The molecule has 0 aliphatic heterocycles. The number of Topliss-reactive ketones (excluding diaryl/α,β-unsaturated/α-hetero) is 1. The second kappa shape index (κ2) is 4.56. The lowest BCUT2D eigenvalue weighted by Crippen LogP contribution is -2.02. The number of hydrogen-bond donors (Lipinski definition) is 0. The first kappa shape index (κ1) is 10.4. The maximum absolute atomic E-state index is 11.5. The fourth-order valence-corrected chi connectivity index (χ4v) is 1.21. The molecule has 0 saturated heterocycles. The van der Waals surface area contributed by atoms with Crippen molar-refractivity contribution in [3.05, 3.63) is 29.3 Å². The fraction of sp³-hybridized carbons (Fsp3) is 0.273. The Morgan fingerprint density at radius 1 is 1.50 bits per heavy atom. The molecule has 0 spiro atoms. The molecule has 1 rings (SSSR count). The van der Waals surface area contributed by atoms with Crippen molar-refractivity contribution < 1.29 is 14.3 Å². The van der Waals surface area contributed by atoms with Crippen molar-refractivity contribution in [1.29, 1.82) is 0 Å². The predicted octanol–water partition coefficient (Wildman–Crippen LogP) is 2.12. The summed E-state index contributed by atoms with van der Waals surface area (Å²) in [6, 6.07) is 5.16. The molecule has 14 heavy (non-hydrogen) atoms. The number of carbonyl (C=O) groups excluding carboxylic acids is 2. The van der Waals surface area contributed by atoms with Crippen molar-refractivity contribution in [2.24, 2.45) is 0 Å². The molecule has 0 aliphatic rings. The minimum absolute atomic E-state index is 0.0226. The molecule has 0 aromatic heterocycles. The minimum Gasteiger partial charge on any atom is -0.428 e. The first-order chi connectivity index (χ1) is 6.69. The molecule has 74 valence electrons. The molecule has 0 heterocycles. The quantitative estimate of drug-likeness (QED) is 0.542. The molecule has 0 unspecified atom stereocenters. The third kappa shape index (κ3) is 2.19. The van der Waals surface area contributed by atoms with Crippen LogP contribution >= 0.6 is 0 Å². The van der Waals surface area contributed by atoms with Gasteiger partial charge in [0.05, 0.1) is 5.56 Å². The molecule has 0 fully saturated rings. The molecule has 1 aromatic rings. The smallest absolute Gasteiger partial charge is 0.298 e. The van der Waals surface area contributed by atoms with Gasteiger partial charge in [0.1, 0.15) is 5.75 Å². The van der Waals surface area contributed by atoms with Gasteiger partial charge in [0.2, 0.25) is 0 Å². The van der Waals surface area contributed by atoms with E-state index in [2.05, 4.69) is 0 Å². The first-order valence-corrected chi connectivity index (χ1v) is 4.43. The SMILES string of the molecule is CCC(=O)c1cc(C)ccc1OC=O. The fourth-order valence-electron chi connectivity index (χ4n) is 1.21. The molecule has 3 heteroatoms. The number of benzene rings is 1. The van der Waals surface area contributed by atoms with Crippen LogP contribution in [0.2, 0.25) is 0 Å². The maximum Gasteiger partial charge on any atom is 0.298 e. The standard InChI is InChI=1S/C11H12O3/c1-3-10(13)9-6-8(2)4-5-11(9)14-7-12/h4-7H,3H2,1-2H3. The third-order valence-corrected chi connectivity index (χ3v) is 1.93. The number of ether oxygens (including phenoxy) is 1. The molecule has 0 bridgehead atoms. The lowest BCUT2D eigenvalue weighted by atomic mass is 10.1. The van der Waals surface area contributed by atoms with Crippen LogP contribution in [-0.4, -0.2) is 12.3 Å². The molecule has 0 N–H and O–H groups in total. The maximum atomic E-state index is 11.5. The van der Waals surface area contributed by atoms with Crippen molar-refractivity contribution >= 4 is 12.3 Å². The number of ketones is 1. The van der Waals surface area contributed by atoms with E-state index in [9.17, 15) is 9.59 Å². The Morgan fingerprint density at radius 2 is 2.21 bits per heavy atom. The second-order valence-electron chi connectivity index (χ2n) is 2.99. The predicted molar refractivity (Wildman–Crippen MR) is 52.5 cm³/mol. The van der Waals surface area contributed by atoms with Crippen LogP contribution in [0.4, 0.5) is 0 Å². The summed E-state index contributed by atoms with van der Waals surface area (Å²) in [5.41, 5.74) is 1.44. The summed E-state index contributed by atoms with van der Waals surface area (Å²) in [4.78, 5) is 21.7. The van der Waals surface area contributed by atoms with Gasteiger partial charge in [-0.2, -0.15) is 0 Å². The van der Waals surface area contributed by atoms with Gasteiger partial charge in [-0.05, 0) is 19.1 Å². The van der Waals surface area contributed by atoms with Crippen LogP contribution in [0.25, 0.3) is 0 Å². The number of rotatable bonds is 4. The van der Waals surface area contributed by atoms with E-state index in [0.717, 1.165) is 5.56 Å². The monoisotopic (exact) mass is 192 g/mol. The largest absolute Gasteiger partial charge is 0.428 e. The molecule has 0 aliphatic carbocycles. The third-order valence-electron chi connectivity index (χ3n) is 1.93. The highest BCUT2D eigenvalue weighted by Crippen LogP contribution is 2.20. The Hall–Kier alpha value is -1.64. The van der Waals surface area contributed by atoms with Gasteiger partial charge in [-0.15, -0.1) is 0 Å². The van der Waals surface area contributed by atoms with Gasteiger partial charge in [0.15, 0.2) is 5.78 Å². The summed E-state index contributed by atoms with van der Waals surface area (Å²) in [6.07, 6.45) is 0.401. The Bertz CT molecular complexity index is 356. The van der Waals surface area contributed by atoms with Gasteiger partial charge in [0.25, 0.3) is 6.47 Å². The normalized spacial score (nSPS) is 9.57. The Balaban J connectivity index is 3.14. The molecular weight excluding hydrogens is 180 g/mol. The van der Waals surface area contributed by atoms with E-state index in [-0.39, 0.29) is 5.78 Å². The van der Waals surface area contributed by atoms with Crippen LogP contribution in [-0.2, 0) is 4.79 Å².